The number of aryl methyl sites for hydroxylation is 2. The van der Waals surface area contributed by atoms with Crippen molar-refractivity contribution in [2.75, 3.05) is 13.1 Å². The van der Waals surface area contributed by atoms with Crippen LogP contribution >= 0.6 is 0 Å². The molecule has 0 saturated carbocycles. The zero-order valence-electron chi connectivity index (χ0n) is 12.1. The molecule has 2 aromatic rings. The summed E-state index contributed by atoms with van der Waals surface area (Å²) in [6, 6.07) is 6.16. The van der Waals surface area contributed by atoms with Gasteiger partial charge in [0, 0.05) is 42.8 Å². The van der Waals surface area contributed by atoms with E-state index in [4.69, 9.17) is 0 Å². The summed E-state index contributed by atoms with van der Waals surface area (Å²) < 4.78 is 0. The minimum absolute atomic E-state index is 0.463. The van der Waals surface area contributed by atoms with Gasteiger partial charge in [0.05, 0.1) is 0 Å². The molecule has 3 heterocycles. The molecular formula is C16H20N4. The number of hydrogen-bond acceptors (Lipinski definition) is 4. The largest absolute Gasteiger partial charge is 0.298 e. The molecular weight excluding hydrogens is 248 g/mol. The molecule has 4 nitrogen and oxygen atoms in total. The lowest BCUT2D eigenvalue weighted by Gasteiger charge is -2.15. The lowest BCUT2D eigenvalue weighted by Crippen LogP contribution is -2.20. The molecule has 0 bridgehead atoms. The minimum atomic E-state index is 0.463. The van der Waals surface area contributed by atoms with Crippen molar-refractivity contribution in [1.82, 2.24) is 19.9 Å². The Morgan fingerprint density at radius 2 is 2.05 bits per heavy atom. The van der Waals surface area contributed by atoms with Crippen molar-refractivity contribution < 1.29 is 0 Å². The molecule has 0 N–H and O–H groups in total. The van der Waals surface area contributed by atoms with Crippen LogP contribution in [0.5, 0.6) is 0 Å². The normalized spacial score (nSPS) is 19.4. The molecule has 1 aliphatic rings. The van der Waals surface area contributed by atoms with Crippen molar-refractivity contribution in [2.24, 2.45) is 0 Å². The van der Waals surface area contributed by atoms with Gasteiger partial charge in [-0.1, -0.05) is 6.07 Å². The molecule has 3 rings (SSSR count). The molecule has 1 aliphatic heterocycles. The van der Waals surface area contributed by atoms with Crippen LogP contribution in [0.25, 0.3) is 0 Å². The van der Waals surface area contributed by atoms with Gasteiger partial charge in [0.2, 0.25) is 0 Å². The fourth-order valence-electron chi connectivity index (χ4n) is 2.87. The first-order chi connectivity index (χ1) is 9.70. The Balaban J connectivity index is 1.67. The van der Waals surface area contributed by atoms with Crippen molar-refractivity contribution in [1.29, 1.82) is 0 Å². The molecule has 1 atom stereocenters. The maximum atomic E-state index is 4.61. The number of nitrogens with zero attached hydrogens (tertiary/aromatic N) is 4. The molecule has 1 saturated heterocycles. The average Bonchev–Trinajstić information content (AvgIpc) is 2.87. The zero-order valence-corrected chi connectivity index (χ0v) is 12.1. The first-order valence-electron chi connectivity index (χ1n) is 7.14. The van der Waals surface area contributed by atoms with Crippen LogP contribution in [0, 0.1) is 13.8 Å². The van der Waals surface area contributed by atoms with Gasteiger partial charge in [-0.15, -0.1) is 0 Å². The highest BCUT2D eigenvalue weighted by Gasteiger charge is 2.26. The molecule has 0 aromatic carbocycles. The van der Waals surface area contributed by atoms with Crippen LogP contribution in [0.3, 0.4) is 0 Å². The van der Waals surface area contributed by atoms with Crippen LogP contribution < -0.4 is 0 Å². The van der Waals surface area contributed by atoms with Gasteiger partial charge in [0.1, 0.15) is 5.82 Å². The Morgan fingerprint density at radius 1 is 1.25 bits per heavy atom. The summed E-state index contributed by atoms with van der Waals surface area (Å²) in [6.07, 6.45) is 4.91. The lowest BCUT2D eigenvalue weighted by molar-refractivity contribution is 0.325. The van der Waals surface area contributed by atoms with E-state index in [1.54, 1.807) is 0 Å². The third kappa shape index (κ3) is 3.02. The van der Waals surface area contributed by atoms with Crippen molar-refractivity contribution in [3.63, 3.8) is 0 Å². The third-order valence-electron chi connectivity index (χ3n) is 3.77. The summed E-state index contributed by atoms with van der Waals surface area (Å²) >= 11 is 0. The number of rotatable bonds is 3. The Morgan fingerprint density at radius 3 is 2.75 bits per heavy atom. The Bertz CT molecular complexity index is 562. The summed E-state index contributed by atoms with van der Waals surface area (Å²) in [5.74, 6) is 1.47. The number of pyridine rings is 1. The Hall–Kier alpha value is -1.81. The molecule has 0 aliphatic carbocycles. The Kier molecular flexibility index (Phi) is 3.74. The second kappa shape index (κ2) is 5.67. The van der Waals surface area contributed by atoms with E-state index in [2.05, 4.69) is 25.9 Å². The number of aromatic nitrogens is 3. The zero-order chi connectivity index (χ0) is 13.9. The fourth-order valence-corrected chi connectivity index (χ4v) is 2.87. The molecule has 0 spiro atoms. The van der Waals surface area contributed by atoms with E-state index in [1.807, 2.05) is 38.4 Å². The molecule has 0 radical (unpaired) electrons. The second-order valence-corrected chi connectivity index (χ2v) is 5.59. The monoisotopic (exact) mass is 268 g/mol. The molecule has 104 valence electrons. The van der Waals surface area contributed by atoms with E-state index in [0.29, 0.717) is 5.92 Å². The van der Waals surface area contributed by atoms with Crippen LogP contribution in [0.4, 0.5) is 0 Å². The van der Waals surface area contributed by atoms with E-state index in [9.17, 15) is 0 Å². The SMILES string of the molecule is Cc1cc(C)nc(C2CCN(Cc3cccnc3)C2)n1. The predicted molar refractivity (Wildman–Crippen MR) is 78.4 cm³/mol. The topological polar surface area (TPSA) is 41.9 Å². The summed E-state index contributed by atoms with van der Waals surface area (Å²) in [5, 5.41) is 0. The van der Waals surface area contributed by atoms with Gasteiger partial charge < -0.3 is 0 Å². The van der Waals surface area contributed by atoms with Crippen LogP contribution in [-0.4, -0.2) is 32.9 Å². The quantitative estimate of drug-likeness (QED) is 0.857. The summed E-state index contributed by atoms with van der Waals surface area (Å²) in [7, 11) is 0. The number of likely N-dealkylation sites (tertiary alicyclic amines) is 1. The van der Waals surface area contributed by atoms with E-state index < -0.39 is 0 Å². The first kappa shape index (κ1) is 13.2. The number of hydrogen-bond donors (Lipinski definition) is 0. The van der Waals surface area contributed by atoms with Crippen molar-refractivity contribution in [2.45, 2.75) is 32.7 Å². The maximum absolute atomic E-state index is 4.61. The molecule has 2 aromatic heterocycles. The van der Waals surface area contributed by atoms with Crippen molar-refractivity contribution in [3.05, 3.63) is 53.4 Å². The molecule has 0 amide bonds. The fraction of sp³-hybridized carbons (Fsp3) is 0.438. The van der Waals surface area contributed by atoms with Gasteiger partial charge in [-0.25, -0.2) is 9.97 Å². The Labute approximate surface area is 119 Å². The van der Waals surface area contributed by atoms with E-state index in [0.717, 1.165) is 43.3 Å². The minimum Gasteiger partial charge on any atom is -0.298 e. The van der Waals surface area contributed by atoms with Gasteiger partial charge in [0.25, 0.3) is 0 Å². The van der Waals surface area contributed by atoms with E-state index >= 15 is 0 Å². The predicted octanol–water partition coefficient (Wildman–Crippen LogP) is 2.48. The summed E-state index contributed by atoms with van der Waals surface area (Å²) in [5.41, 5.74) is 3.41. The van der Waals surface area contributed by atoms with Gasteiger partial charge in [-0.05, 0) is 44.5 Å². The van der Waals surface area contributed by atoms with Crippen LogP contribution in [0.1, 0.15) is 35.1 Å². The van der Waals surface area contributed by atoms with Gasteiger partial charge in [-0.2, -0.15) is 0 Å². The highest BCUT2D eigenvalue weighted by atomic mass is 15.2. The third-order valence-corrected chi connectivity index (χ3v) is 3.77. The van der Waals surface area contributed by atoms with E-state index in [1.165, 1.54) is 5.56 Å². The lowest BCUT2D eigenvalue weighted by atomic mass is 10.1. The van der Waals surface area contributed by atoms with Crippen molar-refractivity contribution >= 4 is 0 Å². The van der Waals surface area contributed by atoms with Crippen LogP contribution in [-0.2, 0) is 6.54 Å². The highest BCUT2D eigenvalue weighted by molar-refractivity contribution is 5.13. The summed E-state index contributed by atoms with van der Waals surface area (Å²) in [4.78, 5) is 15.9. The molecule has 1 unspecified atom stereocenters. The maximum Gasteiger partial charge on any atom is 0.133 e. The smallest absolute Gasteiger partial charge is 0.133 e. The molecule has 4 heteroatoms. The standard InChI is InChI=1S/C16H20N4/c1-12-8-13(2)19-16(18-12)15-5-7-20(11-15)10-14-4-3-6-17-9-14/h3-4,6,8-9,15H,5,7,10-11H2,1-2H3. The van der Waals surface area contributed by atoms with Crippen LogP contribution in [0.2, 0.25) is 0 Å². The van der Waals surface area contributed by atoms with Crippen LogP contribution in [0.15, 0.2) is 30.6 Å². The van der Waals surface area contributed by atoms with Crippen molar-refractivity contribution in [3.8, 4) is 0 Å². The first-order valence-corrected chi connectivity index (χ1v) is 7.14. The van der Waals surface area contributed by atoms with Gasteiger partial charge in [-0.3, -0.25) is 9.88 Å². The average molecular weight is 268 g/mol. The summed E-state index contributed by atoms with van der Waals surface area (Å²) in [6.45, 7) is 7.20. The van der Waals surface area contributed by atoms with Gasteiger partial charge >= 0.3 is 0 Å². The second-order valence-electron chi connectivity index (χ2n) is 5.59. The molecule has 20 heavy (non-hydrogen) atoms. The molecule has 1 fully saturated rings. The van der Waals surface area contributed by atoms with Gasteiger partial charge in [0.15, 0.2) is 0 Å². The highest BCUT2D eigenvalue weighted by Crippen LogP contribution is 2.26. The van der Waals surface area contributed by atoms with E-state index in [-0.39, 0.29) is 0 Å².